The zero-order valence-corrected chi connectivity index (χ0v) is 20.1. The van der Waals surface area contributed by atoms with Crippen LogP contribution in [0.3, 0.4) is 0 Å². The maximum absolute atomic E-state index is 2.69. The normalized spacial score (nSPS) is 43.6. The minimum Gasteiger partial charge on any atom is -0.0851 e. The number of hydrogen-bond donors (Lipinski definition) is 0. The van der Waals surface area contributed by atoms with Crippen LogP contribution in [-0.4, -0.2) is 0 Å². The zero-order chi connectivity index (χ0) is 20.8. The van der Waals surface area contributed by atoms with Gasteiger partial charge in [-0.1, -0.05) is 71.9 Å². The molecule has 0 bridgehead atoms. The van der Waals surface area contributed by atoms with Gasteiger partial charge < -0.3 is 0 Å². The Balaban J connectivity index is 1.53. The van der Waals surface area contributed by atoms with Crippen LogP contribution in [0.4, 0.5) is 0 Å². The Morgan fingerprint density at radius 2 is 1.83 bits per heavy atom. The van der Waals surface area contributed by atoms with Crippen molar-refractivity contribution >= 4 is 0 Å². The fraction of sp³-hybridized carbons (Fsp3) is 0.793. The summed E-state index contributed by atoms with van der Waals surface area (Å²) in [6.07, 6.45) is 23.9. The van der Waals surface area contributed by atoms with Gasteiger partial charge in [0, 0.05) is 0 Å². The van der Waals surface area contributed by atoms with E-state index in [4.69, 9.17) is 0 Å². The van der Waals surface area contributed by atoms with Gasteiger partial charge in [0.25, 0.3) is 0 Å². The Morgan fingerprint density at radius 1 is 1.03 bits per heavy atom. The van der Waals surface area contributed by atoms with Gasteiger partial charge in [-0.2, -0.15) is 0 Å². The van der Waals surface area contributed by atoms with Crippen LogP contribution in [0.2, 0.25) is 0 Å². The molecule has 0 radical (unpaired) electrons. The van der Waals surface area contributed by atoms with E-state index in [9.17, 15) is 0 Å². The van der Waals surface area contributed by atoms with Gasteiger partial charge in [-0.15, -0.1) is 0 Å². The predicted molar refractivity (Wildman–Crippen MR) is 127 cm³/mol. The van der Waals surface area contributed by atoms with Crippen LogP contribution in [0.25, 0.3) is 0 Å². The molecule has 0 N–H and O–H groups in total. The molecule has 0 aliphatic heterocycles. The van der Waals surface area contributed by atoms with Gasteiger partial charge in [0.05, 0.1) is 0 Å². The van der Waals surface area contributed by atoms with E-state index in [1.165, 1.54) is 51.4 Å². The number of allylic oxidation sites excluding steroid dienone is 6. The van der Waals surface area contributed by atoms with Crippen molar-refractivity contribution in [2.45, 2.75) is 92.9 Å². The topological polar surface area (TPSA) is 0 Å². The highest BCUT2D eigenvalue weighted by Gasteiger charge is 2.58. The summed E-state index contributed by atoms with van der Waals surface area (Å²) < 4.78 is 0. The highest BCUT2D eigenvalue weighted by atomic mass is 14.6. The van der Waals surface area contributed by atoms with E-state index in [0.717, 1.165) is 41.4 Å². The molecule has 4 rings (SSSR count). The van der Waals surface area contributed by atoms with Gasteiger partial charge in [0.2, 0.25) is 0 Å². The smallest absolute Gasteiger partial charge is 0.00445 e. The average Bonchev–Trinajstić information content (AvgIpc) is 3.05. The summed E-state index contributed by atoms with van der Waals surface area (Å²) in [5.74, 6) is 5.96. The Morgan fingerprint density at radius 3 is 2.55 bits per heavy atom. The summed E-state index contributed by atoms with van der Waals surface area (Å²) >= 11 is 0. The van der Waals surface area contributed by atoms with Gasteiger partial charge in [-0.05, 0) is 109 Å². The Labute approximate surface area is 181 Å². The molecule has 29 heavy (non-hydrogen) atoms. The standard InChI is InChI=1S/C29H46/c1-7-22(20(2)3)12-11-21(4)25-15-16-26-24-14-13-23-10-8-9-18-28(23,5)27(24)17-19-29(25,26)6/h8,10-13,20-22,24-27H,7,9,14-19H2,1-6H3/t21-,22?,24+,25-,26+,27+,28+,29-/m1/s1. The zero-order valence-electron chi connectivity index (χ0n) is 20.1. The fourth-order valence-corrected chi connectivity index (χ4v) is 8.49. The van der Waals surface area contributed by atoms with Crippen molar-refractivity contribution in [2.24, 2.45) is 52.3 Å². The van der Waals surface area contributed by atoms with E-state index in [1.54, 1.807) is 5.57 Å². The van der Waals surface area contributed by atoms with Crippen LogP contribution in [0.1, 0.15) is 92.9 Å². The first kappa shape index (κ1) is 21.5. The fourth-order valence-electron chi connectivity index (χ4n) is 8.49. The summed E-state index contributed by atoms with van der Waals surface area (Å²) in [4.78, 5) is 0. The lowest BCUT2D eigenvalue weighted by Crippen LogP contribution is -2.49. The van der Waals surface area contributed by atoms with Crippen LogP contribution in [-0.2, 0) is 0 Å². The van der Waals surface area contributed by atoms with Crippen molar-refractivity contribution in [3.63, 3.8) is 0 Å². The highest BCUT2D eigenvalue weighted by molar-refractivity contribution is 5.34. The number of hydrogen-bond acceptors (Lipinski definition) is 0. The maximum atomic E-state index is 2.69. The molecule has 0 aromatic rings. The SMILES string of the molecule is CCC(C=C[C@@H](C)[C@H]1CC[C@H]2[C@@H]3CC=C4C=CCC[C@]4(C)[C@H]3CC[C@]12C)C(C)C. The Bertz CT molecular complexity index is 678. The molecule has 4 aliphatic rings. The summed E-state index contributed by atoms with van der Waals surface area (Å²) in [6, 6.07) is 0. The van der Waals surface area contributed by atoms with Gasteiger partial charge in [0.1, 0.15) is 0 Å². The minimum atomic E-state index is 0.466. The Kier molecular flexibility index (Phi) is 5.95. The molecule has 0 heteroatoms. The summed E-state index contributed by atoms with van der Waals surface area (Å²) in [6.45, 7) is 14.9. The van der Waals surface area contributed by atoms with Crippen molar-refractivity contribution in [3.05, 3.63) is 36.0 Å². The second kappa shape index (κ2) is 8.05. The van der Waals surface area contributed by atoms with E-state index in [0.29, 0.717) is 10.8 Å². The molecule has 8 atom stereocenters. The first-order chi connectivity index (χ1) is 13.8. The van der Waals surface area contributed by atoms with E-state index in [-0.39, 0.29) is 0 Å². The van der Waals surface area contributed by atoms with Crippen LogP contribution in [0.5, 0.6) is 0 Å². The average molecular weight is 395 g/mol. The van der Waals surface area contributed by atoms with E-state index in [2.05, 4.69) is 71.9 Å². The lowest BCUT2D eigenvalue weighted by molar-refractivity contribution is -0.0410. The maximum Gasteiger partial charge on any atom is -0.00445 e. The lowest BCUT2D eigenvalue weighted by Gasteiger charge is -2.57. The number of rotatable bonds is 5. The molecule has 0 saturated heterocycles. The molecular formula is C29H46. The largest absolute Gasteiger partial charge is 0.0851 e. The minimum absolute atomic E-state index is 0.466. The number of fused-ring (bicyclic) bond motifs is 5. The summed E-state index contributed by atoms with van der Waals surface area (Å²) in [5, 5.41) is 0. The Hall–Kier alpha value is -0.780. The molecule has 2 saturated carbocycles. The van der Waals surface area contributed by atoms with Crippen molar-refractivity contribution in [2.75, 3.05) is 0 Å². The van der Waals surface area contributed by atoms with Gasteiger partial charge >= 0.3 is 0 Å². The van der Waals surface area contributed by atoms with Crippen molar-refractivity contribution < 1.29 is 0 Å². The van der Waals surface area contributed by atoms with E-state index < -0.39 is 0 Å². The molecular weight excluding hydrogens is 348 g/mol. The lowest BCUT2D eigenvalue weighted by atomic mass is 9.47. The molecule has 4 aliphatic carbocycles. The van der Waals surface area contributed by atoms with Crippen LogP contribution in [0.15, 0.2) is 36.0 Å². The van der Waals surface area contributed by atoms with Crippen molar-refractivity contribution in [1.82, 2.24) is 0 Å². The molecule has 2 fully saturated rings. The first-order valence-electron chi connectivity index (χ1n) is 12.9. The quantitative estimate of drug-likeness (QED) is 0.409. The second-order valence-electron chi connectivity index (χ2n) is 11.9. The second-order valence-corrected chi connectivity index (χ2v) is 11.9. The summed E-state index contributed by atoms with van der Waals surface area (Å²) in [7, 11) is 0. The van der Waals surface area contributed by atoms with Crippen LogP contribution >= 0.6 is 0 Å². The molecule has 0 aromatic carbocycles. The third kappa shape index (κ3) is 3.51. The predicted octanol–water partition coefficient (Wildman–Crippen LogP) is 8.61. The van der Waals surface area contributed by atoms with Crippen molar-refractivity contribution in [3.8, 4) is 0 Å². The third-order valence-corrected chi connectivity index (χ3v) is 10.4. The highest BCUT2D eigenvalue weighted by Crippen LogP contribution is 2.66. The molecule has 0 aromatic heterocycles. The van der Waals surface area contributed by atoms with Gasteiger partial charge in [0.15, 0.2) is 0 Å². The molecule has 0 amide bonds. The van der Waals surface area contributed by atoms with E-state index >= 15 is 0 Å². The molecule has 162 valence electrons. The molecule has 0 heterocycles. The molecule has 0 spiro atoms. The molecule has 0 nitrogen and oxygen atoms in total. The monoisotopic (exact) mass is 394 g/mol. The van der Waals surface area contributed by atoms with E-state index in [1.807, 2.05) is 0 Å². The van der Waals surface area contributed by atoms with Gasteiger partial charge in [-0.3, -0.25) is 0 Å². The van der Waals surface area contributed by atoms with Crippen LogP contribution in [0, 0.1) is 52.3 Å². The third-order valence-electron chi connectivity index (χ3n) is 10.4. The summed E-state index contributed by atoms with van der Waals surface area (Å²) in [5.41, 5.74) is 2.71. The van der Waals surface area contributed by atoms with Crippen LogP contribution < -0.4 is 0 Å². The van der Waals surface area contributed by atoms with Crippen molar-refractivity contribution in [1.29, 1.82) is 0 Å². The van der Waals surface area contributed by atoms with Gasteiger partial charge in [-0.25, -0.2) is 0 Å². The molecule has 1 unspecified atom stereocenters. The first-order valence-corrected chi connectivity index (χ1v) is 12.9.